The minimum absolute atomic E-state index is 0.133. The lowest BCUT2D eigenvalue weighted by Crippen LogP contribution is -2.25. The smallest absolute Gasteiger partial charge is 0.277 e. The van der Waals surface area contributed by atoms with Crippen molar-refractivity contribution in [2.45, 2.75) is 13.8 Å². The van der Waals surface area contributed by atoms with Crippen molar-refractivity contribution < 1.29 is 13.9 Å². The molecular formula is C17H17FN2O2. The van der Waals surface area contributed by atoms with E-state index in [0.29, 0.717) is 11.3 Å². The zero-order chi connectivity index (χ0) is 15.9. The number of para-hydroxylation sites is 1. The van der Waals surface area contributed by atoms with Crippen molar-refractivity contribution in [2.24, 2.45) is 5.10 Å². The van der Waals surface area contributed by atoms with E-state index in [9.17, 15) is 9.18 Å². The van der Waals surface area contributed by atoms with Crippen LogP contribution in [0.25, 0.3) is 0 Å². The second-order valence-corrected chi connectivity index (χ2v) is 4.86. The molecule has 1 N–H and O–H groups in total. The monoisotopic (exact) mass is 300 g/mol. The van der Waals surface area contributed by atoms with Crippen molar-refractivity contribution in [3.05, 3.63) is 65.0 Å². The van der Waals surface area contributed by atoms with Gasteiger partial charge in [0, 0.05) is 0 Å². The Morgan fingerprint density at radius 2 is 1.91 bits per heavy atom. The molecule has 0 unspecified atom stereocenters. The molecule has 2 aromatic carbocycles. The third-order valence-electron chi connectivity index (χ3n) is 3.01. The maximum atomic E-state index is 13.0. The number of hydrogen-bond donors (Lipinski definition) is 1. The molecule has 1 amide bonds. The van der Waals surface area contributed by atoms with Crippen LogP contribution in [0.2, 0.25) is 0 Å². The summed E-state index contributed by atoms with van der Waals surface area (Å²) >= 11 is 0. The van der Waals surface area contributed by atoms with E-state index in [1.807, 2.05) is 32.0 Å². The van der Waals surface area contributed by atoms with E-state index in [4.69, 9.17) is 4.74 Å². The first-order valence-corrected chi connectivity index (χ1v) is 6.83. The van der Waals surface area contributed by atoms with Gasteiger partial charge in [0.1, 0.15) is 11.6 Å². The van der Waals surface area contributed by atoms with Gasteiger partial charge in [0.15, 0.2) is 6.61 Å². The molecule has 0 fully saturated rings. The largest absolute Gasteiger partial charge is 0.483 e. The Balaban J connectivity index is 1.86. The number of nitrogens with one attached hydrogen (secondary N) is 1. The minimum Gasteiger partial charge on any atom is -0.483 e. The lowest BCUT2D eigenvalue weighted by Gasteiger charge is -2.10. The number of hydrogen-bond acceptors (Lipinski definition) is 3. The molecule has 2 rings (SSSR count). The van der Waals surface area contributed by atoms with Crippen molar-refractivity contribution in [1.82, 2.24) is 5.43 Å². The maximum absolute atomic E-state index is 13.0. The van der Waals surface area contributed by atoms with E-state index in [1.54, 1.807) is 12.1 Å². The highest BCUT2D eigenvalue weighted by atomic mass is 19.1. The van der Waals surface area contributed by atoms with Gasteiger partial charge in [-0.3, -0.25) is 4.79 Å². The zero-order valence-corrected chi connectivity index (χ0v) is 12.5. The van der Waals surface area contributed by atoms with E-state index in [1.165, 1.54) is 18.3 Å². The standard InChI is InChI=1S/C17H17FN2O2/c1-12-5-3-6-13(2)17(12)22-11-16(21)20-19-10-14-7-4-8-15(18)9-14/h3-10H,11H2,1-2H3,(H,20,21)/b19-10+. The summed E-state index contributed by atoms with van der Waals surface area (Å²) in [7, 11) is 0. The van der Waals surface area contributed by atoms with Crippen molar-refractivity contribution in [3.8, 4) is 5.75 Å². The Bertz CT molecular complexity index is 679. The Morgan fingerprint density at radius 3 is 2.59 bits per heavy atom. The zero-order valence-electron chi connectivity index (χ0n) is 12.5. The molecule has 0 spiro atoms. The highest BCUT2D eigenvalue weighted by Crippen LogP contribution is 2.21. The van der Waals surface area contributed by atoms with Gasteiger partial charge >= 0.3 is 0 Å². The Kier molecular flexibility index (Phi) is 5.25. The molecule has 0 saturated carbocycles. The summed E-state index contributed by atoms with van der Waals surface area (Å²) in [6, 6.07) is 11.7. The molecule has 0 heterocycles. The molecule has 0 aromatic heterocycles. The number of ether oxygens (including phenoxy) is 1. The quantitative estimate of drug-likeness (QED) is 0.682. The highest BCUT2D eigenvalue weighted by Gasteiger charge is 2.06. The van der Waals surface area contributed by atoms with E-state index < -0.39 is 0 Å². The van der Waals surface area contributed by atoms with Gasteiger partial charge < -0.3 is 4.74 Å². The number of benzene rings is 2. The molecular weight excluding hydrogens is 283 g/mol. The summed E-state index contributed by atoms with van der Waals surface area (Å²) in [6.07, 6.45) is 1.37. The average molecular weight is 300 g/mol. The third-order valence-corrected chi connectivity index (χ3v) is 3.01. The number of hydrazone groups is 1. The van der Waals surface area contributed by atoms with Crippen LogP contribution in [-0.2, 0) is 4.79 Å². The molecule has 114 valence electrons. The van der Waals surface area contributed by atoms with Crippen LogP contribution >= 0.6 is 0 Å². The van der Waals surface area contributed by atoms with Crippen molar-refractivity contribution in [1.29, 1.82) is 0 Å². The van der Waals surface area contributed by atoms with E-state index in [0.717, 1.165) is 11.1 Å². The van der Waals surface area contributed by atoms with Crippen LogP contribution in [0.1, 0.15) is 16.7 Å². The van der Waals surface area contributed by atoms with Gasteiger partial charge in [0.05, 0.1) is 6.21 Å². The molecule has 0 atom stereocenters. The number of halogens is 1. The normalized spacial score (nSPS) is 10.7. The van der Waals surface area contributed by atoms with Crippen molar-refractivity contribution in [3.63, 3.8) is 0 Å². The average Bonchev–Trinajstić information content (AvgIpc) is 2.47. The molecule has 5 heteroatoms. The van der Waals surface area contributed by atoms with Crippen LogP contribution in [0.15, 0.2) is 47.6 Å². The van der Waals surface area contributed by atoms with Gasteiger partial charge in [-0.05, 0) is 42.7 Å². The number of aryl methyl sites for hydroxylation is 2. The Hall–Kier alpha value is -2.69. The molecule has 0 radical (unpaired) electrons. The first kappa shape index (κ1) is 15.7. The number of nitrogens with zero attached hydrogens (tertiary/aromatic N) is 1. The maximum Gasteiger partial charge on any atom is 0.277 e. The third kappa shape index (κ3) is 4.41. The Labute approximate surface area is 128 Å². The van der Waals surface area contributed by atoms with E-state index in [2.05, 4.69) is 10.5 Å². The number of carbonyl (C=O) groups excluding carboxylic acids is 1. The van der Waals surface area contributed by atoms with Crippen LogP contribution in [-0.4, -0.2) is 18.7 Å². The number of rotatable bonds is 5. The van der Waals surface area contributed by atoms with Crippen LogP contribution in [0.5, 0.6) is 5.75 Å². The van der Waals surface area contributed by atoms with Gasteiger partial charge in [-0.15, -0.1) is 0 Å². The fourth-order valence-corrected chi connectivity index (χ4v) is 1.96. The number of carbonyl (C=O) groups is 1. The molecule has 0 aliphatic carbocycles. The van der Waals surface area contributed by atoms with Crippen LogP contribution in [0, 0.1) is 19.7 Å². The molecule has 0 bridgehead atoms. The summed E-state index contributed by atoms with van der Waals surface area (Å²) in [5.74, 6) is -0.0318. The van der Waals surface area contributed by atoms with Gasteiger partial charge in [-0.1, -0.05) is 30.3 Å². The lowest BCUT2D eigenvalue weighted by atomic mass is 10.1. The highest BCUT2D eigenvalue weighted by molar-refractivity contribution is 5.82. The van der Waals surface area contributed by atoms with Crippen LogP contribution in [0.3, 0.4) is 0 Å². The summed E-state index contributed by atoms with van der Waals surface area (Å²) < 4.78 is 18.5. The second kappa shape index (κ2) is 7.36. The lowest BCUT2D eigenvalue weighted by molar-refractivity contribution is -0.123. The van der Waals surface area contributed by atoms with Crippen molar-refractivity contribution in [2.75, 3.05) is 6.61 Å². The molecule has 22 heavy (non-hydrogen) atoms. The van der Waals surface area contributed by atoms with Gasteiger partial charge in [0.2, 0.25) is 0 Å². The SMILES string of the molecule is Cc1cccc(C)c1OCC(=O)N/N=C/c1cccc(F)c1. The molecule has 4 nitrogen and oxygen atoms in total. The first-order valence-electron chi connectivity index (χ1n) is 6.83. The van der Waals surface area contributed by atoms with E-state index >= 15 is 0 Å². The summed E-state index contributed by atoms with van der Waals surface area (Å²) in [4.78, 5) is 11.7. The summed E-state index contributed by atoms with van der Waals surface area (Å²) in [6.45, 7) is 3.71. The minimum atomic E-state index is -0.379. The van der Waals surface area contributed by atoms with Crippen LogP contribution in [0.4, 0.5) is 4.39 Å². The van der Waals surface area contributed by atoms with E-state index in [-0.39, 0.29) is 18.3 Å². The van der Waals surface area contributed by atoms with Gasteiger partial charge in [-0.25, -0.2) is 9.82 Å². The molecule has 0 aliphatic rings. The summed E-state index contributed by atoms with van der Waals surface area (Å²) in [5, 5.41) is 3.77. The predicted molar refractivity (Wildman–Crippen MR) is 83.5 cm³/mol. The van der Waals surface area contributed by atoms with Gasteiger partial charge in [0.25, 0.3) is 5.91 Å². The molecule has 0 saturated heterocycles. The molecule has 0 aliphatic heterocycles. The van der Waals surface area contributed by atoms with Gasteiger partial charge in [-0.2, -0.15) is 5.10 Å². The predicted octanol–water partition coefficient (Wildman–Crippen LogP) is 2.97. The summed E-state index contributed by atoms with van der Waals surface area (Å²) in [5.41, 5.74) is 4.85. The number of amides is 1. The van der Waals surface area contributed by atoms with Crippen LogP contribution < -0.4 is 10.2 Å². The second-order valence-electron chi connectivity index (χ2n) is 4.86. The molecule has 2 aromatic rings. The van der Waals surface area contributed by atoms with Crippen molar-refractivity contribution >= 4 is 12.1 Å². The fraction of sp³-hybridized carbons (Fsp3) is 0.176. The topological polar surface area (TPSA) is 50.7 Å². The first-order chi connectivity index (χ1) is 10.6. The fourth-order valence-electron chi connectivity index (χ4n) is 1.96. The Morgan fingerprint density at radius 1 is 1.23 bits per heavy atom.